The molecule has 1 aromatic carbocycles. The van der Waals surface area contributed by atoms with E-state index in [0.717, 1.165) is 12.1 Å². The molecule has 1 rings (SSSR count). The van der Waals surface area contributed by atoms with Crippen LogP contribution in [0.2, 0.25) is 0 Å². The average molecular weight is 316 g/mol. The molecule has 10 heteroatoms. The van der Waals surface area contributed by atoms with E-state index in [-0.39, 0.29) is 5.56 Å². The van der Waals surface area contributed by atoms with Gasteiger partial charge in [-0.05, 0) is 24.6 Å². The minimum atomic E-state index is -5.66. The molecule has 3 N–H and O–H groups in total. The van der Waals surface area contributed by atoms with Gasteiger partial charge in [-0.15, -0.1) is 0 Å². The van der Waals surface area contributed by atoms with Crippen molar-refractivity contribution in [1.82, 2.24) is 0 Å². The maximum atomic E-state index is 12.5. The Morgan fingerprint density at radius 1 is 1.19 bits per heavy atom. The monoisotopic (exact) mass is 316 g/mol. The summed E-state index contributed by atoms with van der Waals surface area (Å²) < 4.78 is 78.8. The first-order valence-corrected chi connectivity index (χ1v) is 5.35. The summed E-state index contributed by atoms with van der Waals surface area (Å²) in [5.74, 6) is -1.46. The first-order chi connectivity index (χ1) is 9.46. The topological polar surface area (TPSA) is 67.8 Å². The first kappa shape index (κ1) is 16.9. The molecule has 0 aromatic heterocycles. The van der Waals surface area contributed by atoms with E-state index in [2.05, 4.69) is 9.89 Å². The normalized spacial score (nSPS) is 13.6. The number of nitrogens with zero attached hydrogens (tertiary/aromatic N) is 1. The zero-order valence-corrected chi connectivity index (χ0v) is 10.5. The van der Waals surface area contributed by atoms with Crippen LogP contribution in [0, 0.1) is 6.92 Å². The van der Waals surface area contributed by atoms with Crippen molar-refractivity contribution < 1.29 is 36.3 Å². The first-order valence-electron chi connectivity index (χ1n) is 5.35. The molecule has 1 aromatic rings. The Hall–Kier alpha value is -2.13. The van der Waals surface area contributed by atoms with Crippen LogP contribution < -0.4 is 10.5 Å². The number of nitrogens with two attached hydrogens (primary N) is 1. The third-order valence-corrected chi connectivity index (χ3v) is 2.36. The molecule has 0 aliphatic rings. The SMILES string of the molecule is Cc1ccc(/C(N)=N/O)c(OC(C(F)(F)F)C(F)(F)F)c1. The molecule has 0 aliphatic carbocycles. The van der Waals surface area contributed by atoms with Crippen LogP contribution in [0.3, 0.4) is 0 Å². The maximum Gasteiger partial charge on any atom is 0.434 e. The van der Waals surface area contributed by atoms with E-state index < -0.39 is 30.0 Å². The summed E-state index contributed by atoms with van der Waals surface area (Å²) in [6, 6.07) is 3.37. The molecule has 0 atom stereocenters. The number of alkyl halides is 6. The predicted octanol–water partition coefficient (Wildman–Crippen LogP) is 2.96. The summed E-state index contributed by atoms with van der Waals surface area (Å²) in [6.07, 6.45) is -15.3. The molecule has 0 saturated carbocycles. The Morgan fingerprint density at radius 3 is 2.14 bits per heavy atom. The molecule has 0 fully saturated rings. The molecule has 0 aliphatic heterocycles. The van der Waals surface area contributed by atoms with Crippen molar-refractivity contribution >= 4 is 5.84 Å². The molecule has 4 nitrogen and oxygen atoms in total. The predicted molar refractivity (Wildman–Crippen MR) is 60.2 cm³/mol. The third-order valence-electron chi connectivity index (χ3n) is 2.36. The fraction of sp³-hybridized carbons (Fsp3) is 0.364. The summed E-state index contributed by atoms with van der Waals surface area (Å²) in [5, 5.41) is 11.0. The van der Waals surface area contributed by atoms with Crippen LogP contribution in [0.15, 0.2) is 23.4 Å². The summed E-state index contributed by atoms with van der Waals surface area (Å²) >= 11 is 0. The largest absolute Gasteiger partial charge is 0.471 e. The van der Waals surface area contributed by atoms with Gasteiger partial charge in [-0.25, -0.2) is 0 Å². The molecule has 0 heterocycles. The number of aryl methyl sites for hydroxylation is 1. The van der Waals surface area contributed by atoms with Crippen molar-refractivity contribution in [2.45, 2.75) is 25.4 Å². The molecule has 118 valence electrons. The van der Waals surface area contributed by atoms with Crippen LogP contribution >= 0.6 is 0 Å². The van der Waals surface area contributed by atoms with Gasteiger partial charge in [0.15, 0.2) is 5.84 Å². The zero-order valence-electron chi connectivity index (χ0n) is 10.5. The van der Waals surface area contributed by atoms with Gasteiger partial charge in [-0.3, -0.25) is 0 Å². The molecule has 21 heavy (non-hydrogen) atoms. The lowest BCUT2D eigenvalue weighted by molar-refractivity contribution is -0.299. The van der Waals surface area contributed by atoms with E-state index in [4.69, 9.17) is 10.9 Å². The highest BCUT2D eigenvalue weighted by atomic mass is 19.4. The van der Waals surface area contributed by atoms with Gasteiger partial charge in [0.05, 0.1) is 5.56 Å². The number of hydrogen-bond donors (Lipinski definition) is 2. The Kier molecular flexibility index (Phi) is 4.59. The minimum Gasteiger partial charge on any atom is -0.471 e. The minimum absolute atomic E-state index is 0.336. The molecule has 0 spiro atoms. The van der Waals surface area contributed by atoms with E-state index in [1.54, 1.807) is 0 Å². The molecule has 0 unspecified atom stereocenters. The number of ether oxygens (including phenoxy) is 1. The molecular formula is C11H10F6N2O2. The highest BCUT2D eigenvalue weighted by Gasteiger charge is 2.59. The quantitative estimate of drug-likeness (QED) is 0.296. The van der Waals surface area contributed by atoms with Crippen molar-refractivity contribution in [3.8, 4) is 5.75 Å². The Morgan fingerprint density at radius 2 is 1.71 bits per heavy atom. The number of benzene rings is 1. The van der Waals surface area contributed by atoms with E-state index in [0.29, 0.717) is 5.56 Å². The van der Waals surface area contributed by atoms with Gasteiger partial charge in [0.1, 0.15) is 5.75 Å². The lowest BCUT2D eigenvalue weighted by Crippen LogP contribution is -2.46. The van der Waals surface area contributed by atoms with Crippen LogP contribution in [-0.4, -0.2) is 29.5 Å². The number of oxime groups is 1. The smallest absolute Gasteiger partial charge is 0.434 e. The van der Waals surface area contributed by atoms with Crippen LogP contribution in [0.4, 0.5) is 26.3 Å². The molecular weight excluding hydrogens is 306 g/mol. The van der Waals surface area contributed by atoms with Crippen LogP contribution in [0.25, 0.3) is 0 Å². The zero-order chi connectivity index (χ0) is 16.4. The maximum absolute atomic E-state index is 12.5. The van der Waals surface area contributed by atoms with Gasteiger partial charge < -0.3 is 15.7 Å². The van der Waals surface area contributed by atoms with Crippen LogP contribution in [0.1, 0.15) is 11.1 Å². The molecule has 0 bridgehead atoms. The third kappa shape index (κ3) is 4.17. The van der Waals surface area contributed by atoms with Gasteiger partial charge in [-0.1, -0.05) is 11.2 Å². The van der Waals surface area contributed by atoms with Crippen molar-refractivity contribution in [2.75, 3.05) is 0 Å². The van der Waals surface area contributed by atoms with Crippen molar-refractivity contribution in [3.63, 3.8) is 0 Å². The standard InChI is InChI=1S/C11H10F6N2O2/c1-5-2-3-6(8(18)19-20)7(4-5)21-9(10(12,13)14)11(15,16)17/h2-4,9,20H,1H3,(H2,18,19). The Bertz CT molecular complexity index is 524. The van der Waals surface area contributed by atoms with Gasteiger partial charge in [0.25, 0.3) is 6.10 Å². The van der Waals surface area contributed by atoms with Gasteiger partial charge in [0, 0.05) is 0 Å². The molecule has 0 radical (unpaired) electrons. The lowest BCUT2D eigenvalue weighted by Gasteiger charge is -2.25. The second-order valence-electron chi connectivity index (χ2n) is 4.07. The second kappa shape index (κ2) is 5.70. The highest BCUT2D eigenvalue weighted by Crippen LogP contribution is 2.37. The van der Waals surface area contributed by atoms with Gasteiger partial charge in [-0.2, -0.15) is 26.3 Å². The molecule has 0 saturated heterocycles. The number of hydrogen-bond acceptors (Lipinski definition) is 3. The van der Waals surface area contributed by atoms with Crippen molar-refractivity contribution in [3.05, 3.63) is 29.3 Å². The molecule has 0 amide bonds. The van der Waals surface area contributed by atoms with E-state index in [1.807, 2.05) is 0 Å². The lowest BCUT2D eigenvalue weighted by atomic mass is 10.1. The Balaban J connectivity index is 3.30. The Labute approximate surface area is 114 Å². The summed E-state index contributed by atoms with van der Waals surface area (Å²) in [5.41, 5.74) is 5.14. The summed E-state index contributed by atoms with van der Waals surface area (Å²) in [7, 11) is 0. The van der Waals surface area contributed by atoms with E-state index in [9.17, 15) is 26.3 Å². The van der Waals surface area contributed by atoms with Crippen molar-refractivity contribution in [2.24, 2.45) is 10.9 Å². The van der Waals surface area contributed by atoms with E-state index >= 15 is 0 Å². The fourth-order valence-electron chi connectivity index (χ4n) is 1.44. The number of halogens is 6. The summed E-state index contributed by atoms with van der Waals surface area (Å²) in [6.45, 7) is 1.43. The second-order valence-corrected chi connectivity index (χ2v) is 4.07. The number of rotatable bonds is 3. The van der Waals surface area contributed by atoms with Crippen LogP contribution in [0.5, 0.6) is 5.75 Å². The van der Waals surface area contributed by atoms with Crippen molar-refractivity contribution in [1.29, 1.82) is 0 Å². The van der Waals surface area contributed by atoms with E-state index in [1.165, 1.54) is 13.0 Å². The fourth-order valence-corrected chi connectivity index (χ4v) is 1.44. The van der Waals surface area contributed by atoms with Gasteiger partial charge in [0.2, 0.25) is 0 Å². The van der Waals surface area contributed by atoms with Crippen LogP contribution in [-0.2, 0) is 0 Å². The highest BCUT2D eigenvalue weighted by molar-refractivity contribution is 5.99. The average Bonchev–Trinajstić information content (AvgIpc) is 2.32. The summed E-state index contributed by atoms with van der Waals surface area (Å²) in [4.78, 5) is 0. The van der Waals surface area contributed by atoms with Gasteiger partial charge >= 0.3 is 12.4 Å². The number of amidine groups is 1.